The zero-order valence-electron chi connectivity index (χ0n) is 20.0. The zero-order valence-corrected chi connectivity index (χ0v) is 20.0. The summed E-state index contributed by atoms with van der Waals surface area (Å²) < 4.78 is 5.23. The highest BCUT2D eigenvalue weighted by molar-refractivity contribution is 5.92. The lowest BCUT2D eigenvalue weighted by Crippen LogP contribution is -2.58. The lowest BCUT2D eigenvalue weighted by Gasteiger charge is -2.43. The van der Waals surface area contributed by atoms with Crippen molar-refractivity contribution in [2.75, 3.05) is 13.2 Å². The lowest BCUT2D eigenvalue weighted by molar-refractivity contribution is -0.148. The van der Waals surface area contributed by atoms with Crippen LogP contribution in [-0.2, 0) is 14.3 Å². The Kier molecular flexibility index (Phi) is 9.52. The molecule has 1 fully saturated rings. The van der Waals surface area contributed by atoms with Crippen molar-refractivity contribution >= 4 is 17.9 Å². The van der Waals surface area contributed by atoms with Crippen LogP contribution < -0.4 is 10.6 Å². The molecule has 2 rings (SSSR count). The minimum Gasteiger partial charge on any atom is -0.508 e. The highest BCUT2D eigenvalue weighted by Crippen LogP contribution is 2.34. The number of unbranched alkanes of at least 4 members (excludes halogenated alkanes) is 1. The van der Waals surface area contributed by atoms with E-state index in [2.05, 4.69) is 10.6 Å². The molecule has 33 heavy (non-hydrogen) atoms. The van der Waals surface area contributed by atoms with Gasteiger partial charge in [0, 0.05) is 12.6 Å². The molecule has 1 aliphatic carbocycles. The van der Waals surface area contributed by atoms with Gasteiger partial charge in [0.15, 0.2) is 0 Å². The molecule has 1 aromatic rings. The summed E-state index contributed by atoms with van der Waals surface area (Å²) in [5, 5.41) is 25.2. The van der Waals surface area contributed by atoms with Gasteiger partial charge in [-0.25, -0.2) is 4.79 Å². The fraction of sp³-hybridized carbons (Fsp3) is 0.625. The summed E-state index contributed by atoms with van der Waals surface area (Å²) in [4.78, 5) is 40.6. The predicted molar refractivity (Wildman–Crippen MR) is 123 cm³/mol. The summed E-state index contributed by atoms with van der Waals surface area (Å²) in [5.74, 6) is -0.972. The molecule has 0 heterocycles. The van der Waals surface area contributed by atoms with Crippen LogP contribution in [0, 0.1) is 0 Å². The number of carbonyl (C=O) groups excluding carboxylic acids is 3. The smallest absolute Gasteiger partial charge is 0.408 e. The highest BCUT2D eigenvalue weighted by atomic mass is 16.6. The average molecular weight is 464 g/mol. The van der Waals surface area contributed by atoms with Crippen LogP contribution in [0.4, 0.5) is 4.79 Å². The zero-order chi connectivity index (χ0) is 24.6. The van der Waals surface area contributed by atoms with Gasteiger partial charge in [-0.15, -0.1) is 0 Å². The number of alkyl carbamates (subject to hydrolysis) is 1. The second-order valence-corrected chi connectivity index (χ2v) is 9.35. The summed E-state index contributed by atoms with van der Waals surface area (Å²) in [6, 6.07) is 3.73. The van der Waals surface area contributed by atoms with E-state index >= 15 is 0 Å². The molecule has 1 saturated carbocycles. The van der Waals surface area contributed by atoms with Gasteiger partial charge in [-0.05, 0) is 64.2 Å². The monoisotopic (exact) mass is 463 g/mol. The normalized spacial score (nSPS) is 15.7. The summed E-state index contributed by atoms with van der Waals surface area (Å²) in [7, 11) is 0. The number of amides is 3. The standard InChI is InChI=1S/C24H37N3O6/c1-5-6-13-25-21(30)20(16-9-7-12-18(29)14-16)27(17-10-8-11-17)22(31)19(15-28)26-23(32)33-24(2,3)4/h7,9,12,14,17,19-20,28-29H,5-6,8,10-11,13,15H2,1-4H3,(H,25,30)(H,26,32). The Morgan fingerprint density at radius 1 is 1.24 bits per heavy atom. The molecule has 0 aliphatic heterocycles. The van der Waals surface area contributed by atoms with Gasteiger partial charge in [0.05, 0.1) is 6.61 Å². The van der Waals surface area contributed by atoms with Crippen LogP contribution in [0.3, 0.4) is 0 Å². The molecule has 0 radical (unpaired) electrons. The second-order valence-electron chi connectivity index (χ2n) is 9.35. The number of aliphatic hydroxyl groups excluding tert-OH is 1. The molecule has 184 valence electrons. The number of aromatic hydroxyl groups is 1. The van der Waals surface area contributed by atoms with Crippen molar-refractivity contribution in [3.8, 4) is 5.75 Å². The third kappa shape index (κ3) is 7.63. The van der Waals surface area contributed by atoms with Gasteiger partial charge in [0.25, 0.3) is 0 Å². The van der Waals surface area contributed by atoms with Gasteiger partial charge in [0.1, 0.15) is 23.4 Å². The van der Waals surface area contributed by atoms with Crippen molar-refractivity contribution in [1.29, 1.82) is 0 Å². The van der Waals surface area contributed by atoms with E-state index in [1.165, 1.54) is 17.0 Å². The Bertz CT molecular complexity index is 819. The Morgan fingerprint density at radius 2 is 1.94 bits per heavy atom. The Hall–Kier alpha value is -2.81. The maximum Gasteiger partial charge on any atom is 0.408 e. The fourth-order valence-electron chi connectivity index (χ4n) is 3.62. The lowest BCUT2D eigenvalue weighted by atomic mass is 9.88. The van der Waals surface area contributed by atoms with E-state index < -0.39 is 36.3 Å². The van der Waals surface area contributed by atoms with E-state index in [-0.39, 0.29) is 17.7 Å². The fourth-order valence-corrected chi connectivity index (χ4v) is 3.62. The van der Waals surface area contributed by atoms with Crippen LogP contribution in [-0.4, -0.2) is 63.9 Å². The number of nitrogens with zero attached hydrogens (tertiary/aromatic N) is 1. The summed E-state index contributed by atoms with van der Waals surface area (Å²) in [6.45, 7) is 6.91. The van der Waals surface area contributed by atoms with E-state index in [9.17, 15) is 24.6 Å². The largest absolute Gasteiger partial charge is 0.508 e. The molecule has 0 spiro atoms. The van der Waals surface area contributed by atoms with E-state index in [0.717, 1.165) is 19.3 Å². The van der Waals surface area contributed by atoms with Crippen molar-refractivity contribution in [2.45, 2.75) is 83.5 Å². The van der Waals surface area contributed by atoms with E-state index in [4.69, 9.17) is 4.74 Å². The molecule has 0 aromatic heterocycles. The van der Waals surface area contributed by atoms with Gasteiger partial charge in [-0.3, -0.25) is 9.59 Å². The van der Waals surface area contributed by atoms with Crippen LogP contribution >= 0.6 is 0 Å². The SMILES string of the molecule is CCCCNC(=O)C(c1cccc(O)c1)N(C(=O)C(CO)NC(=O)OC(C)(C)C)C1CCC1. The number of benzene rings is 1. The van der Waals surface area contributed by atoms with Gasteiger partial charge < -0.3 is 30.5 Å². The quantitative estimate of drug-likeness (QED) is 0.395. The summed E-state index contributed by atoms with van der Waals surface area (Å²) in [5.41, 5.74) is -0.317. The maximum atomic E-state index is 13.6. The Morgan fingerprint density at radius 3 is 2.45 bits per heavy atom. The Labute approximate surface area is 195 Å². The van der Waals surface area contributed by atoms with Gasteiger partial charge in [-0.2, -0.15) is 0 Å². The minimum atomic E-state index is -1.27. The third-order valence-electron chi connectivity index (χ3n) is 5.44. The molecule has 3 amide bonds. The van der Waals surface area contributed by atoms with Crippen molar-refractivity contribution in [1.82, 2.24) is 15.5 Å². The number of rotatable bonds is 10. The van der Waals surface area contributed by atoms with Crippen molar-refractivity contribution in [3.05, 3.63) is 29.8 Å². The molecule has 0 saturated heterocycles. The van der Waals surface area contributed by atoms with Crippen LogP contribution in [0.2, 0.25) is 0 Å². The molecule has 9 nitrogen and oxygen atoms in total. The molecule has 2 atom stereocenters. The molecule has 9 heteroatoms. The van der Waals surface area contributed by atoms with Gasteiger partial charge >= 0.3 is 6.09 Å². The molecule has 2 unspecified atom stereocenters. The molecule has 4 N–H and O–H groups in total. The number of ether oxygens (including phenoxy) is 1. The number of hydrogen-bond donors (Lipinski definition) is 4. The number of carbonyl (C=O) groups is 3. The van der Waals surface area contributed by atoms with Crippen molar-refractivity contribution < 1.29 is 29.3 Å². The van der Waals surface area contributed by atoms with Crippen LogP contribution in [0.1, 0.15) is 71.4 Å². The molecule has 1 aromatic carbocycles. The number of phenolic OH excluding ortho intramolecular Hbond substituents is 1. The second kappa shape index (κ2) is 11.9. The number of aliphatic hydroxyl groups is 1. The van der Waals surface area contributed by atoms with Crippen molar-refractivity contribution in [2.24, 2.45) is 0 Å². The van der Waals surface area contributed by atoms with Crippen LogP contribution in [0.25, 0.3) is 0 Å². The van der Waals surface area contributed by atoms with Gasteiger partial charge in [-0.1, -0.05) is 25.5 Å². The molecular formula is C24H37N3O6. The first-order valence-corrected chi connectivity index (χ1v) is 11.6. The number of hydrogen-bond acceptors (Lipinski definition) is 6. The first kappa shape index (κ1) is 26.4. The summed E-state index contributed by atoms with van der Waals surface area (Å²) >= 11 is 0. The number of nitrogens with one attached hydrogen (secondary N) is 2. The van der Waals surface area contributed by atoms with Crippen LogP contribution in [0.5, 0.6) is 5.75 Å². The topological polar surface area (TPSA) is 128 Å². The first-order chi connectivity index (χ1) is 15.6. The molecule has 1 aliphatic rings. The van der Waals surface area contributed by atoms with Crippen LogP contribution in [0.15, 0.2) is 24.3 Å². The predicted octanol–water partition coefficient (Wildman–Crippen LogP) is 2.62. The summed E-state index contributed by atoms with van der Waals surface area (Å²) in [6.07, 6.45) is 3.16. The minimum absolute atomic E-state index is 0.0227. The van der Waals surface area contributed by atoms with E-state index in [0.29, 0.717) is 24.9 Å². The van der Waals surface area contributed by atoms with E-state index in [1.54, 1.807) is 32.9 Å². The maximum absolute atomic E-state index is 13.6. The Balaban J connectivity index is 2.37. The molecular weight excluding hydrogens is 426 g/mol. The average Bonchev–Trinajstić information content (AvgIpc) is 2.68. The van der Waals surface area contributed by atoms with E-state index in [1.807, 2.05) is 6.92 Å². The highest BCUT2D eigenvalue weighted by Gasteiger charge is 2.41. The van der Waals surface area contributed by atoms with Crippen molar-refractivity contribution in [3.63, 3.8) is 0 Å². The number of phenols is 1. The molecule has 0 bridgehead atoms. The first-order valence-electron chi connectivity index (χ1n) is 11.6. The third-order valence-corrected chi connectivity index (χ3v) is 5.44. The van der Waals surface area contributed by atoms with Gasteiger partial charge in [0.2, 0.25) is 11.8 Å².